The van der Waals surface area contributed by atoms with E-state index in [0.29, 0.717) is 18.6 Å². The number of anilines is 1. The molecule has 0 radical (unpaired) electrons. The van der Waals surface area contributed by atoms with Crippen LogP contribution in [0, 0.1) is 5.82 Å². The number of likely N-dealkylation sites (tertiary alicyclic amines) is 1. The SMILES string of the molecule is O=C(CN1CCCC1C1CCCN1)Nc1ccccc1F. The van der Waals surface area contributed by atoms with Crippen molar-refractivity contribution >= 4 is 11.6 Å². The molecule has 0 bridgehead atoms. The van der Waals surface area contributed by atoms with E-state index in [-0.39, 0.29) is 17.4 Å². The molecule has 0 aromatic heterocycles. The minimum absolute atomic E-state index is 0.134. The fraction of sp³-hybridized carbons (Fsp3) is 0.562. The van der Waals surface area contributed by atoms with E-state index in [4.69, 9.17) is 0 Å². The van der Waals surface area contributed by atoms with E-state index in [2.05, 4.69) is 15.5 Å². The summed E-state index contributed by atoms with van der Waals surface area (Å²) in [6.07, 6.45) is 4.69. The Morgan fingerprint density at radius 1 is 1.33 bits per heavy atom. The van der Waals surface area contributed by atoms with Crippen molar-refractivity contribution in [3.05, 3.63) is 30.1 Å². The summed E-state index contributed by atoms with van der Waals surface area (Å²) >= 11 is 0. The van der Waals surface area contributed by atoms with Crippen molar-refractivity contribution in [2.75, 3.05) is 25.0 Å². The van der Waals surface area contributed by atoms with Gasteiger partial charge in [0.1, 0.15) is 5.82 Å². The van der Waals surface area contributed by atoms with Crippen molar-refractivity contribution in [2.45, 2.75) is 37.8 Å². The van der Waals surface area contributed by atoms with Gasteiger partial charge in [-0.2, -0.15) is 0 Å². The summed E-state index contributed by atoms with van der Waals surface area (Å²) in [4.78, 5) is 14.4. The zero-order valence-corrected chi connectivity index (χ0v) is 12.1. The fourth-order valence-corrected chi connectivity index (χ4v) is 3.48. The van der Waals surface area contributed by atoms with Gasteiger partial charge >= 0.3 is 0 Å². The zero-order valence-electron chi connectivity index (χ0n) is 12.1. The van der Waals surface area contributed by atoms with Gasteiger partial charge in [0.25, 0.3) is 0 Å². The lowest BCUT2D eigenvalue weighted by atomic mass is 10.0. The van der Waals surface area contributed by atoms with Crippen LogP contribution < -0.4 is 10.6 Å². The summed E-state index contributed by atoms with van der Waals surface area (Å²) in [6, 6.07) is 7.24. The second-order valence-corrected chi connectivity index (χ2v) is 5.91. The maximum absolute atomic E-state index is 13.5. The molecular weight excluding hydrogens is 269 g/mol. The van der Waals surface area contributed by atoms with Crippen LogP contribution in [0.2, 0.25) is 0 Å². The first-order valence-corrected chi connectivity index (χ1v) is 7.76. The molecule has 2 aliphatic rings. The molecule has 2 N–H and O–H groups in total. The molecule has 21 heavy (non-hydrogen) atoms. The van der Waals surface area contributed by atoms with Crippen molar-refractivity contribution in [1.29, 1.82) is 0 Å². The van der Waals surface area contributed by atoms with Crippen LogP contribution in [-0.4, -0.2) is 42.5 Å². The number of para-hydroxylation sites is 1. The number of hydrogen-bond acceptors (Lipinski definition) is 3. The monoisotopic (exact) mass is 291 g/mol. The number of amides is 1. The van der Waals surface area contributed by atoms with Gasteiger partial charge in [-0.05, 0) is 50.9 Å². The van der Waals surface area contributed by atoms with E-state index in [9.17, 15) is 9.18 Å². The smallest absolute Gasteiger partial charge is 0.238 e. The molecule has 114 valence electrons. The Labute approximate surface area is 124 Å². The number of hydrogen-bond donors (Lipinski definition) is 2. The van der Waals surface area contributed by atoms with Gasteiger partial charge in [-0.1, -0.05) is 12.1 Å². The zero-order chi connectivity index (χ0) is 14.7. The summed E-state index contributed by atoms with van der Waals surface area (Å²) < 4.78 is 13.5. The third-order valence-corrected chi connectivity index (χ3v) is 4.47. The van der Waals surface area contributed by atoms with Gasteiger partial charge < -0.3 is 10.6 Å². The van der Waals surface area contributed by atoms with Crippen molar-refractivity contribution in [3.63, 3.8) is 0 Å². The molecular formula is C16H22FN3O. The quantitative estimate of drug-likeness (QED) is 0.891. The van der Waals surface area contributed by atoms with E-state index in [1.165, 1.54) is 18.9 Å². The molecule has 2 fully saturated rings. The molecule has 2 atom stereocenters. The van der Waals surface area contributed by atoms with Gasteiger partial charge in [0.15, 0.2) is 0 Å². The minimum atomic E-state index is -0.388. The van der Waals surface area contributed by atoms with Crippen molar-refractivity contribution in [3.8, 4) is 0 Å². The molecule has 5 heteroatoms. The Morgan fingerprint density at radius 3 is 2.95 bits per heavy atom. The number of nitrogens with zero attached hydrogens (tertiary/aromatic N) is 1. The number of benzene rings is 1. The molecule has 2 unspecified atom stereocenters. The van der Waals surface area contributed by atoms with Crippen LogP contribution in [0.4, 0.5) is 10.1 Å². The topological polar surface area (TPSA) is 44.4 Å². The summed E-state index contributed by atoms with van der Waals surface area (Å²) in [5.41, 5.74) is 0.261. The molecule has 2 saturated heterocycles. The highest BCUT2D eigenvalue weighted by atomic mass is 19.1. The summed E-state index contributed by atoms with van der Waals surface area (Å²) in [5.74, 6) is -0.522. The fourth-order valence-electron chi connectivity index (χ4n) is 3.48. The van der Waals surface area contributed by atoms with Crippen LogP contribution in [0.1, 0.15) is 25.7 Å². The number of nitrogens with one attached hydrogen (secondary N) is 2. The summed E-state index contributed by atoms with van der Waals surface area (Å²) in [7, 11) is 0. The number of carbonyl (C=O) groups excluding carboxylic acids is 1. The first-order chi connectivity index (χ1) is 10.2. The van der Waals surface area contributed by atoms with Gasteiger partial charge in [0.05, 0.1) is 12.2 Å². The first kappa shape index (κ1) is 14.5. The third kappa shape index (κ3) is 3.41. The van der Waals surface area contributed by atoms with Crippen molar-refractivity contribution in [2.24, 2.45) is 0 Å². The number of carbonyl (C=O) groups is 1. The van der Waals surface area contributed by atoms with Crippen LogP contribution in [0.25, 0.3) is 0 Å². The average Bonchev–Trinajstić information content (AvgIpc) is 3.11. The standard InChI is InChI=1S/C16H22FN3O/c17-12-5-1-2-6-13(12)19-16(21)11-20-10-4-8-15(20)14-7-3-9-18-14/h1-2,5-6,14-15,18H,3-4,7-11H2,(H,19,21). The van der Waals surface area contributed by atoms with E-state index in [0.717, 1.165) is 25.9 Å². The van der Waals surface area contributed by atoms with E-state index in [1.807, 2.05) is 0 Å². The lowest BCUT2D eigenvalue weighted by Gasteiger charge is -2.28. The predicted molar refractivity (Wildman–Crippen MR) is 80.6 cm³/mol. The van der Waals surface area contributed by atoms with Gasteiger partial charge in [-0.3, -0.25) is 9.69 Å². The van der Waals surface area contributed by atoms with Gasteiger partial charge in [-0.15, -0.1) is 0 Å². The maximum Gasteiger partial charge on any atom is 0.238 e. The first-order valence-electron chi connectivity index (χ1n) is 7.76. The Kier molecular flexibility index (Phi) is 4.51. The third-order valence-electron chi connectivity index (χ3n) is 4.47. The van der Waals surface area contributed by atoms with Crippen LogP contribution in [0.5, 0.6) is 0 Å². The molecule has 1 aromatic rings. The lowest BCUT2D eigenvalue weighted by Crippen LogP contribution is -2.46. The van der Waals surface area contributed by atoms with Crippen molar-refractivity contribution in [1.82, 2.24) is 10.2 Å². The van der Waals surface area contributed by atoms with E-state index < -0.39 is 0 Å². The number of halogens is 1. The molecule has 1 aromatic carbocycles. The van der Waals surface area contributed by atoms with E-state index >= 15 is 0 Å². The van der Waals surface area contributed by atoms with Gasteiger partial charge in [0, 0.05) is 12.1 Å². The maximum atomic E-state index is 13.5. The number of rotatable bonds is 4. The Bertz CT molecular complexity index is 502. The second kappa shape index (κ2) is 6.54. The normalized spacial score (nSPS) is 26.1. The Morgan fingerprint density at radius 2 is 2.19 bits per heavy atom. The molecule has 1 amide bonds. The van der Waals surface area contributed by atoms with Crippen LogP contribution in [0.3, 0.4) is 0 Å². The highest BCUT2D eigenvalue weighted by Gasteiger charge is 2.33. The molecule has 2 heterocycles. The molecule has 0 saturated carbocycles. The van der Waals surface area contributed by atoms with Gasteiger partial charge in [0.2, 0.25) is 5.91 Å². The molecule has 4 nitrogen and oxygen atoms in total. The lowest BCUT2D eigenvalue weighted by molar-refractivity contribution is -0.117. The van der Waals surface area contributed by atoms with Crippen LogP contribution in [0.15, 0.2) is 24.3 Å². The van der Waals surface area contributed by atoms with Crippen LogP contribution in [-0.2, 0) is 4.79 Å². The van der Waals surface area contributed by atoms with Gasteiger partial charge in [-0.25, -0.2) is 4.39 Å². The molecule has 3 rings (SSSR count). The average molecular weight is 291 g/mol. The summed E-state index contributed by atoms with van der Waals surface area (Å²) in [5, 5.41) is 6.20. The summed E-state index contributed by atoms with van der Waals surface area (Å²) in [6.45, 7) is 2.38. The van der Waals surface area contributed by atoms with Crippen LogP contribution >= 0.6 is 0 Å². The highest BCUT2D eigenvalue weighted by molar-refractivity contribution is 5.92. The molecule has 2 aliphatic heterocycles. The molecule has 0 aliphatic carbocycles. The highest BCUT2D eigenvalue weighted by Crippen LogP contribution is 2.24. The second-order valence-electron chi connectivity index (χ2n) is 5.91. The van der Waals surface area contributed by atoms with Crippen molar-refractivity contribution < 1.29 is 9.18 Å². The van der Waals surface area contributed by atoms with E-state index in [1.54, 1.807) is 18.2 Å². The Hall–Kier alpha value is -1.46. The largest absolute Gasteiger partial charge is 0.322 e. The minimum Gasteiger partial charge on any atom is -0.322 e. The Balaban J connectivity index is 1.57. The predicted octanol–water partition coefficient (Wildman–Crippen LogP) is 1.98. The molecule has 0 spiro atoms.